The van der Waals surface area contributed by atoms with E-state index in [1.165, 1.54) is 18.2 Å². The highest BCUT2D eigenvalue weighted by Crippen LogP contribution is 2.39. The van der Waals surface area contributed by atoms with Gasteiger partial charge >= 0.3 is 0 Å². The van der Waals surface area contributed by atoms with Crippen LogP contribution in [0.5, 0.6) is 11.5 Å². The number of methoxy groups -OCH3 is 2. The summed E-state index contributed by atoms with van der Waals surface area (Å²) in [6, 6.07) is 9.41. The number of hydrogen-bond donors (Lipinski definition) is 2. The summed E-state index contributed by atoms with van der Waals surface area (Å²) in [5.74, 6) is 2.89. The monoisotopic (exact) mass is 547 g/mol. The van der Waals surface area contributed by atoms with Crippen molar-refractivity contribution >= 4 is 34.7 Å². The quantitative estimate of drug-likeness (QED) is 0.314. The van der Waals surface area contributed by atoms with Gasteiger partial charge in [0.2, 0.25) is 0 Å². The topological polar surface area (TPSA) is 113 Å². The van der Waals surface area contributed by atoms with Gasteiger partial charge < -0.3 is 25.0 Å². The first kappa shape index (κ1) is 26.5. The van der Waals surface area contributed by atoms with Crippen molar-refractivity contribution in [2.75, 3.05) is 58.1 Å². The lowest BCUT2D eigenvalue weighted by molar-refractivity contribution is 0.148. The Hall–Kier alpha value is -4.06. The minimum Gasteiger partial charge on any atom is -0.497 e. The molecule has 3 aromatic heterocycles. The highest BCUT2D eigenvalue weighted by molar-refractivity contribution is 6.35. The molecule has 4 aromatic rings. The molecular weight excluding hydrogens is 518 g/mol. The summed E-state index contributed by atoms with van der Waals surface area (Å²) in [7, 11) is 5.29. The standard InChI is InChI=1S/C27H30ClN9O2/c1-36-6-8-37(9-7-36)15-18-4-5-30-24(10-18)35-25-13-21(31-17-32-25)20-14-29-16-33-27(20)34-22-11-19(38-2)12-23(39-3)26(22)28/h4-5,10-14,16-17H,6-9,15H2,1-3H3,(H,29,33,34)(H,30,31,32,35). The molecule has 202 valence electrons. The van der Waals surface area contributed by atoms with Crippen LogP contribution in [0.1, 0.15) is 5.56 Å². The molecule has 0 atom stereocenters. The van der Waals surface area contributed by atoms with E-state index in [1.807, 2.05) is 18.3 Å². The van der Waals surface area contributed by atoms with Crippen LogP contribution in [0, 0.1) is 0 Å². The van der Waals surface area contributed by atoms with Gasteiger partial charge in [0.25, 0.3) is 0 Å². The van der Waals surface area contributed by atoms with Gasteiger partial charge in [-0.1, -0.05) is 11.6 Å². The number of ether oxygens (including phenoxy) is 2. The van der Waals surface area contributed by atoms with Crippen LogP contribution in [0.3, 0.4) is 0 Å². The Morgan fingerprint density at radius 1 is 0.897 bits per heavy atom. The minimum absolute atomic E-state index is 0.399. The molecule has 1 saturated heterocycles. The van der Waals surface area contributed by atoms with Crippen molar-refractivity contribution in [1.29, 1.82) is 0 Å². The van der Waals surface area contributed by atoms with Crippen molar-refractivity contribution in [3.63, 3.8) is 0 Å². The second-order valence-electron chi connectivity index (χ2n) is 9.14. The number of nitrogens with one attached hydrogen (secondary N) is 2. The third-order valence-corrected chi connectivity index (χ3v) is 6.85. The van der Waals surface area contributed by atoms with Gasteiger partial charge in [-0.05, 0) is 24.7 Å². The van der Waals surface area contributed by atoms with Crippen LogP contribution in [0.2, 0.25) is 5.02 Å². The fraction of sp³-hybridized carbons (Fsp3) is 0.296. The van der Waals surface area contributed by atoms with Crippen LogP contribution < -0.4 is 20.1 Å². The largest absolute Gasteiger partial charge is 0.497 e. The van der Waals surface area contributed by atoms with Crippen LogP contribution in [-0.4, -0.2) is 82.2 Å². The zero-order chi connectivity index (χ0) is 27.2. The first-order valence-electron chi connectivity index (χ1n) is 12.5. The number of pyridine rings is 1. The van der Waals surface area contributed by atoms with E-state index in [0.29, 0.717) is 50.9 Å². The molecule has 39 heavy (non-hydrogen) atoms. The molecule has 1 aliphatic rings. The molecule has 0 bridgehead atoms. The minimum atomic E-state index is 0.399. The number of likely N-dealkylation sites (N-methyl/N-ethyl adjacent to an activating group) is 1. The first-order valence-corrected chi connectivity index (χ1v) is 12.8. The van der Waals surface area contributed by atoms with Gasteiger partial charge in [-0.25, -0.2) is 24.9 Å². The van der Waals surface area contributed by atoms with Gasteiger partial charge in [-0.3, -0.25) is 4.90 Å². The summed E-state index contributed by atoms with van der Waals surface area (Å²) in [6.07, 6.45) is 6.44. The summed E-state index contributed by atoms with van der Waals surface area (Å²) in [6.45, 7) is 5.16. The molecule has 1 aromatic carbocycles. The first-order chi connectivity index (χ1) is 19.0. The fourth-order valence-corrected chi connectivity index (χ4v) is 4.52. The third-order valence-electron chi connectivity index (χ3n) is 6.46. The number of piperazine rings is 1. The van der Waals surface area contributed by atoms with E-state index in [2.05, 4.69) is 58.5 Å². The summed E-state index contributed by atoms with van der Waals surface area (Å²) >= 11 is 6.55. The average Bonchev–Trinajstić information content (AvgIpc) is 2.96. The Bertz CT molecular complexity index is 1430. The molecule has 0 saturated carbocycles. The van der Waals surface area contributed by atoms with Crippen LogP contribution >= 0.6 is 11.6 Å². The number of rotatable bonds is 9. The van der Waals surface area contributed by atoms with Gasteiger partial charge in [0.15, 0.2) is 0 Å². The maximum Gasteiger partial charge on any atom is 0.143 e. The molecule has 2 N–H and O–H groups in total. The van der Waals surface area contributed by atoms with Gasteiger partial charge in [0.1, 0.15) is 46.6 Å². The molecule has 0 aliphatic carbocycles. The summed E-state index contributed by atoms with van der Waals surface area (Å²) in [5.41, 5.74) is 3.05. The van der Waals surface area contributed by atoms with Crippen LogP contribution in [0.25, 0.3) is 11.3 Å². The molecule has 4 heterocycles. The molecule has 1 aliphatic heterocycles. The van der Waals surface area contributed by atoms with Gasteiger partial charge in [-0.2, -0.15) is 0 Å². The van der Waals surface area contributed by atoms with E-state index in [1.54, 1.807) is 32.5 Å². The number of aromatic nitrogens is 5. The average molecular weight is 548 g/mol. The summed E-state index contributed by atoms with van der Waals surface area (Å²) < 4.78 is 10.8. The molecule has 11 nitrogen and oxygen atoms in total. The Balaban J connectivity index is 1.36. The number of anilines is 4. The van der Waals surface area contributed by atoms with E-state index in [4.69, 9.17) is 21.1 Å². The highest BCUT2D eigenvalue weighted by atomic mass is 35.5. The maximum absolute atomic E-state index is 6.55. The van der Waals surface area contributed by atoms with Crippen molar-refractivity contribution in [2.24, 2.45) is 0 Å². The van der Waals surface area contributed by atoms with Crippen LogP contribution in [0.4, 0.5) is 23.1 Å². The molecular formula is C27H30ClN9O2. The van der Waals surface area contributed by atoms with Crippen molar-refractivity contribution in [2.45, 2.75) is 6.54 Å². The normalized spacial score (nSPS) is 14.2. The zero-order valence-corrected chi connectivity index (χ0v) is 22.8. The van der Waals surface area contributed by atoms with Crippen LogP contribution in [0.15, 0.2) is 55.4 Å². The number of nitrogens with zero attached hydrogens (tertiary/aromatic N) is 7. The smallest absolute Gasteiger partial charge is 0.143 e. The van der Waals surface area contributed by atoms with Gasteiger partial charge in [0.05, 0.1) is 31.2 Å². The second kappa shape index (κ2) is 12.2. The molecule has 1 fully saturated rings. The lowest BCUT2D eigenvalue weighted by atomic mass is 10.2. The molecule has 0 unspecified atom stereocenters. The second-order valence-corrected chi connectivity index (χ2v) is 9.52. The molecule has 0 radical (unpaired) electrons. The van der Waals surface area contributed by atoms with Gasteiger partial charge in [-0.15, -0.1) is 0 Å². The molecule has 0 amide bonds. The Morgan fingerprint density at radius 2 is 1.72 bits per heavy atom. The van der Waals surface area contributed by atoms with Crippen molar-refractivity contribution in [3.05, 3.63) is 66.0 Å². The predicted octanol–water partition coefficient (Wildman–Crippen LogP) is 4.23. The SMILES string of the molecule is COc1cc(Nc2ncncc2-c2cc(Nc3cc(CN4CCN(C)CC4)ccn3)ncn2)c(Cl)c(OC)c1. The molecule has 12 heteroatoms. The lowest BCUT2D eigenvalue weighted by Gasteiger charge is -2.32. The maximum atomic E-state index is 6.55. The highest BCUT2D eigenvalue weighted by Gasteiger charge is 2.16. The van der Waals surface area contributed by atoms with Crippen molar-refractivity contribution in [3.8, 4) is 22.8 Å². The van der Waals surface area contributed by atoms with E-state index >= 15 is 0 Å². The number of hydrogen-bond acceptors (Lipinski definition) is 11. The number of halogens is 1. The van der Waals surface area contributed by atoms with E-state index in [9.17, 15) is 0 Å². The Morgan fingerprint density at radius 3 is 2.51 bits per heavy atom. The van der Waals surface area contributed by atoms with Crippen molar-refractivity contribution < 1.29 is 9.47 Å². The van der Waals surface area contributed by atoms with E-state index < -0.39 is 0 Å². The van der Waals surface area contributed by atoms with Crippen molar-refractivity contribution in [1.82, 2.24) is 34.7 Å². The predicted molar refractivity (Wildman–Crippen MR) is 151 cm³/mol. The molecule has 5 rings (SSSR count). The van der Waals surface area contributed by atoms with Gasteiger partial charge in [0, 0.05) is 63.3 Å². The third kappa shape index (κ3) is 6.51. The fourth-order valence-electron chi connectivity index (χ4n) is 4.28. The van der Waals surface area contributed by atoms with E-state index in [0.717, 1.165) is 32.7 Å². The summed E-state index contributed by atoms with van der Waals surface area (Å²) in [5, 5.41) is 6.96. The van der Waals surface area contributed by atoms with Crippen LogP contribution in [-0.2, 0) is 6.54 Å². The Kier molecular flexibility index (Phi) is 8.30. The Labute approximate surface area is 232 Å². The molecule has 0 spiro atoms. The van der Waals surface area contributed by atoms with E-state index in [-0.39, 0.29) is 0 Å². The number of benzene rings is 1. The summed E-state index contributed by atoms with van der Waals surface area (Å²) in [4.78, 5) is 26.8. The lowest BCUT2D eigenvalue weighted by Crippen LogP contribution is -2.43. The zero-order valence-electron chi connectivity index (χ0n) is 22.1.